The first-order chi connectivity index (χ1) is 18.1. The Morgan fingerprint density at radius 3 is 2.37 bits per heavy atom. The maximum atomic E-state index is 13.0. The lowest BCUT2D eigenvalue weighted by Gasteiger charge is -2.32. The van der Waals surface area contributed by atoms with Crippen LogP contribution in [0.5, 0.6) is 0 Å². The third-order valence-corrected chi connectivity index (χ3v) is 7.60. The minimum Gasteiger partial charge on any atom is -0.456 e. The van der Waals surface area contributed by atoms with Crippen LogP contribution in [0.2, 0.25) is 0 Å². The van der Waals surface area contributed by atoms with E-state index in [9.17, 15) is 19.2 Å². The molecule has 0 radical (unpaired) electrons. The Morgan fingerprint density at radius 2 is 1.71 bits per heavy atom. The van der Waals surface area contributed by atoms with Crippen LogP contribution in [0.4, 0.5) is 0 Å². The molecule has 5 rings (SSSR count). The SMILES string of the molecule is CC(C)(C)OC(=O)c1ccc(CN2CCC(c3ccc4c(c3)CN(C3CCC(=O)NC3=O)C4=O)CC2)cc1. The average Bonchev–Trinajstić information content (AvgIpc) is 3.19. The fourth-order valence-electron chi connectivity index (χ4n) is 5.61. The van der Waals surface area contributed by atoms with Crippen LogP contribution in [0.15, 0.2) is 42.5 Å². The molecular formula is C30H35N3O5. The lowest BCUT2D eigenvalue weighted by atomic mass is 9.87. The van der Waals surface area contributed by atoms with Crippen molar-refractivity contribution in [1.82, 2.24) is 15.1 Å². The van der Waals surface area contributed by atoms with Gasteiger partial charge in [0.2, 0.25) is 11.8 Å². The van der Waals surface area contributed by atoms with Crippen LogP contribution in [0.25, 0.3) is 0 Å². The Morgan fingerprint density at radius 1 is 1.00 bits per heavy atom. The van der Waals surface area contributed by atoms with Crippen molar-refractivity contribution in [2.75, 3.05) is 13.1 Å². The van der Waals surface area contributed by atoms with Gasteiger partial charge in [-0.1, -0.05) is 24.3 Å². The van der Waals surface area contributed by atoms with Gasteiger partial charge in [0.05, 0.1) is 5.56 Å². The second-order valence-electron chi connectivity index (χ2n) is 11.6. The quantitative estimate of drug-likeness (QED) is 0.479. The minimum atomic E-state index is -0.586. The molecule has 0 bridgehead atoms. The van der Waals surface area contributed by atoms with Gasteiger partial charge in [0.15, 0.2) is 0 Å². The van der Waals surface area contributed by atoms with Crippen molar-refractivity contribution in [3.8, 4) is 0 Å². The van der Waals surface area contributed by atoms with Crippen molar-refractivity contribution in [3.63, 3.8) is 0 Å². The molecule has 2 aromatic rings. The normalized spacial score (nSPS) is 20.9. The van der Waals surface area contributed by atoms with Crippen LogP contribution in [0.3, 0.4) is 0 Å². The zero-order chi connectivity index (χ0) is 27.0. The summed E-state index contributed by atoms with van der Waals surface area (Å²) >= 11 is 0. The van der Waals surface area contributed by atoms with E-state index in [1.165, 1.54) is 11.1 Å². The molecule has 1 N–H and O–H groups in total. The highest BCUT2D eigenvalue weighted by Crippen LogP contribution is 2.34. The number of hydrogen-bond donors (Lipinski definition) is 1. The van der Waals surface area contributed by atoms with Gasteiger partial charge in [-0.2, -0.15) is 0 Å². The second kappa shape index (κ2) is 10.3. The number of nitrogens with one attached hydrogen (secondary N) is 1. The second-order valence-corrected chi connectivity index (χ2v) is 11.6. The molecule has 3 aliphatic heterocycles. The molecule has 8 heteroatoms. The van der Waals surface area contributed by atoms with Crippen molar-refractivity contribution in [2.45, 2.75) is 77.1 Å². The number of hydrogen-bond acceptors (Lipinski definition) is 6. The third kappa shape index (κ3) is 5.65. The Kier molecular flexibility index (Phi) is 7.09. The number of nitrogens with zero attached hydrogens (tertiary/aromatic N) is 2. The van der Waals surface area contributed by atoms with Gasteiger partial charge < -0.3 is 9.64 Å². The summed E-state index contributed by atoms with van der Waals surface area (Å²) in [7, 11) is 0. The monoisotopic (exact) mass is 517 g/mol. The highest BCUT2D eigenvalue weighted by molar-refractivity contribution is 6.05. The molecule has 0 aliphatic carbocycles. The molecule has 3 aliphatic rings. The summed E-state index contributed by atoms with van der Waals surface area (Å²) in [5.74, 6) is -0.670. The molecule has 1 unspecified atom stereocenters. The molecule has 0 saturated carbocycles. The molecule has 38 heavy (non-hydrogen) atoms. The predicted molar refractivity (Wildman–Crippen MR) is 141 cm³/mol. The number of carbonyl (C=O) groups is 4. The van der Waals surface area contributed by atoms with E-state index in [0.29, 0.717) is 30.0 Å². The van der Waals surface area contributed by atoms with Crippen molar-refractivity contribution in [1.29, 1.82) is 0 Å². The minimum absolute atomic E-state index is 0.131. The van der Waals surface area contributed by atoms with Gasteiger partial charge in [-0.05, 0) is 93.9 Å². The van der Waals surface area contributed by atoms with E-state index < -0.39 is 11.6 Å². The molecule has 2 aromatic carbocycles. The lowest BCUT2D eigenvalue weighted by molar-refractivity contribution is -0.136. The number of rotatable bonds is 5. The molecule has 2 fully saturated rings. The summed E-state index contributed by atoms with van der Waals surface area (Å²) in [6.45, 7) is 8.77. The van der Waals surface area contributed by atoms with Crippen LogP contribution in [-0.2, 0) is 27.4 Å². The van der Waals surface area contributed by atoms with E-state index in [2.05, 4.69) is 22.3 Å². The number of imide groups is 1. The summed E-state index contributed by atoms with van der Waals surface area (Å²) < 4.78 is 5.45. The smallest absolute Gasteiger partial charge is 0.338 e. The molecule has 0 spiro atoms. The summed E-state index contributed by atoms with van der Waals surface area (Å²) in [6.07, 6.45) is 2.69. The highest BCUT2D eigenvalue weighted by Gasteiger charge is 2.39. The van der Waals surface area contributed by atoms with Crippen LogP contribution in [0.1, 0.15) is 89.8 Å². The Labute approximate surface area is 223 Å². The highest BCUT2D eigenvalue weighted by atomic mass is 16.6. The first kappa shape index (κ1) is 26.1. The third-order valence-electron chi connectivity index (χ3n) is 7.60. The van der Waals surface area contributed by atoms with E-state index in [1.807, 2.05) is 51.1 Å². The number of likely N-dealkylation sites (tertiary alicyclic amines) is 1. The first-order valence-corrected chi connectivity index (χ1v) is 13.4. The average molecular weight is 518 g/mol. The molecule has 3 amide bonds. The van der Waals surface area contributed by atoms with Crippen molar-refractivity contribution in [2.24, 2.45) is 0 Å². The van der Waals surface area contributed by atoms with Gasteiger partial charge in [0.1, 0.15) is 11.6 Å². The van der Waals surface area contributed by atoms with E-state index in [1.54, 1.807) is 4.90 Å². The van der Waals surface area contributed by atoms with Gasteiger partial charge in [0, 0.05) is 25.1 Å². The molecule has 0 aromatic heterocycles. The zero-order valence-electron chi connectivity index (χ0n) is 22.3. The predicted octanol–water partition coefficient (Wildman–Crippen LogP) is 3.78. The number of benzene rings is 2. The number of amides is 3. The van der Waals surface area contributed by atoms with Crippen molar-refractivity contribution >= 4 is 23.7 Å². The van der Waals surface area contributed by atoms with E-state index in [4.69, 9.17) is 4.74 Å². The largest absolute Gasteiger partial charge is 0.456 e. The lowest BCUT2D eigenvalue weighted by Crippen LogP contribution is -2.52. The van der Waals surface area contributed by atoms with E-state index >= 15 is 0 Å². The number of carbonyl (C=O) groups excluding carboxylic acids is 4. The number of piperidine rings is 2. The fourth-order valence-corrected chi connectivity index (χ4v) is 5.61. The zero-order valence-corrected chi connectivity index (χ0v) is 22.3. The first-order valence-electron chi connectivity index (χ1n) is 13.4. The van der Waals surface area contributed by atoms with Gasteiger partial charge in [-0.15, -0.1) is 0 Å². The maximum absolute atomic E-state index is 13.0. The van der Waals surface area contributed by atoms with Crippen LogP contribution < -0.4 is 5.32 Å². The van der Waals surface area contributed by atoms with Gasteiger partial charge in [-0.25, -0.2) is 4.79 Å². The standard InChI is InChI=1S/C30H35N3O5/c1-30(2,3)38-29(37)21-6-4-19(5-7-21)17-32-14-12-20(13-15-32)22-8-9-24-23(16-22)18-33(28(24)36)25-10-11-26(34)31-27(25)35/h4-9,16,20,25H,10-15,17-18H2,1-3H3,(H,31,34,35). The topological polar surface area (TPSA) is 96.0 Å². The molecule has 2 saturated heterocycles. The number of fused-ring (bicyclic) bond motifs is 1. The maximum Gasteiger partial charge on any atom is 0.338 e. The van der Waals surface area contributed by atoms with Crippen LogP contribution >= 0.6 is 0 Å². The van der Waals surface area contributed by atoms with E-state index in [0.717, 1.165) is 38.0 Å². The number of ether oxygens (including phenoxy) is 1. The van der Waals surface area contributed by atoms with Gasteiger partial charge >= 0.3 is 5.97 Å². The van der Waals surface area contributed by atoms with Crippen LogP contribution in [-0.4, -0.2) is 58.2 Å². The Bertz CT molecular complexity index is 1260. The van der Waals surface area contributed by atoms with Gasteiger partial charge in [0.25, 0.3) is 5.91 Å². The molecule has 3 heterocycles. The summed E-state index contributed by atoms with van der Waals surface area (Å²) in [4.78, 5) is 53.1. The van der Waals surface area contributed by atoms with Crippen molar-refractivity contribution < 1.29 is 23.9 Å². The Hall–Kier alpha value is -3.52. The molecule has 1 atom stereocenters. The fraction of sp³-hybridized carbons (Fsp3) is 0.467. The van der Waals surface area contributed by atoms with Crippen LogP contribution in [0, 0.1) is 0 Å². The number of esters is 1. The molecular weight excluding hydrogens is 482 g/mol. The summed E-state index contributed by atoms with van der Waals surface area (Å²) in [5.41, 5.74) is 4.08. The van der Waals surface area contributed by atoms with Gasteiger partial charge in [-0.3, -0.25) is 24.6 Å². The van der Waals surface area contributed by atoms with Crippen molar-refractivity contribution in [3.05, 3.63) is 70.3 Å². The summed E-state index contributed by atoms with van der Waals surface area (Å²) in [5, 5.41) is 2.36. The summed E-state index contributed by atoms with van der Waals surface area (Å²) in [6, 6.07) is 13.2. The van der Waals surface area contributed by atoms with E-state index in [-0.39, 0.29) is 30.1 Å². The Balaban J connectivity index is 1.16. The molecule has 200 valence electrons. The molecule has 8 nitrogen and oxygen atoms in total.